The summed E-state index contributed by atoms with van der Waals surface area (Å²) < 4.78 is 0. The van der Waals surface area contributed by atoms with Crippen molar-refractivity contribution >= 4 is 17.5 Å². The predicted octanol–water partition coefficient (Wildman–Crippen LogP) is 2.37. The number of rotatable bonds is 6. The lowest BCUT2D eigenvalue weighted by Gasteiger charge is -2.08. The number of nitrogens with zero attached hydrogens (tertiary/aromatic N) is 5. The Morgan fingerprint density at radius 2 is 1.42 bits per heavy atom. The lowest BCUT2D eigenvalue weighted by molar-refractivity contribution is -0.384. The highest BCUT2D eigenvalue weighted by Gasteiger charge is 2.12. The van der Waals surface area contributed by atoms with Crippen LogP contribution in [0.1, 0.15) is 26.3 Å². The molecule has 11 heteroatoms. The fourth-order valence-corrected chi connectivity index (χ4v) is 2.93. The van der Waals surface area contributed by atoms with E-state index in [0.717, 1.165) is 11.1 Å². The molecule has 4 aromatic rings. The standard InChI is InChI=1S/C22H17N7O4/c30-21(24-25-22(31)18-10-12-19(13-11-18)29(32)33)17-8-6-15(7-9-17)14-28-26-20(23-27-28)16-4-2-1-3-5-16/h1-13H,14H2,(H,24,30)(H,25,31). The number of tetrazole rings is 1. The maximum absolute atomic E-state index is 12.3. The highest BCUT2D eigenvalue weighted by Crippen LogP contribution is 2.13. The second-order valence-corrected chi connectivity index (χ2v) is 6.92. The number of nitro benzene ring substituents is 1. The summed E-state index contributed by atoms with van der Waals surface area (Å²) >= 11 is 0. The molecule has 0 spiro atoms. The Labute approximate surface area is 187 Å². The molecule has 0 atom stereocenters. The number of amides is 2. The minimum atomic E-state index is -0.596. The molecule has 0 bridgehead atoms. The van der Waals surface area contributed by atoms with Crippen molar-refractivity contribution < 1.29 is 14.5 Å². The van der Waals surface area contributed by atoms with Gasteiger partial charge >= 0.3 is 0 Å². The normalized spacial score (nSPS) is 10.4. The van der Waals surface area contributed by atoms with Crippen molar-refractivity contribution in [3.63, 3.8) is 0 Å². The molecule has 0 aliphatic carbocycles. The van der Waals surface area contributed by atoms with Gasteiger partial charge in [-0.3, -0.25) is 30.6 Å². The van der Waals surface area contributed by atoms with Gasteiger partial charge in [-0.1, -0.05) is 42.5 Å². The van der Waals surface area contributed by atoms with E-state index in [0.29, 0.717) is 17.9 Å². The Kier molecular flexibility index (Phi) is 6.12. The van der Waals surface area contributed by atoms with Gasteiger partial charge in [0.1, 0.15) is 0 Å². The molecular weight excluding hydrogens is 426 g/mol. The van der Waals surface area contributed by atoms with Gasteiger partial charge in [0.25, 0.3) is 17.5 Å². The number of carbonyl (C=O) groups is 2. The van der Waals surface area contributed by atoms with Crippen LogP contribution in [0.2, 0.25) is 0 Å². The highest BCUT2D eigenvalue weighted by atomic mass is 16.6. The molecule has 0 saturated heterocycles. The van der Waals surface area contributed by atoms with E-state index in [-0.39, 0.29) is 11.3 Å². The molecule has 4 rings (SSSR count). The third kappa shape index (κ3) is 5.22. The SMILES string of the molecule is O=C(NNC(=O)c1ccc([N+](=O)[O-])cc1)c1ccc(Cn2nnc(-c3ccccc3)n2)cc1. The molecule has 0 aliphatic rings. The van der Waals surface area contributed by atoms with E-state index >= 15 is 0 Å². The van der Waals surface area contributed by atoms with E-state index in [1.165, 1.54) is 29.1 Å². The van der Waals surface area contributed by atoms with Crippen molar-refractivity contribution in [3.05, 3.63) is 106 Å². The molecule has 2 N–H and O–H groups in total. The van der Waals surface area contributed by atoms with Gasteiger partial charge in [-0.15, -0.1) is 10.2 Å². The molecule has 0 fully saturated rings. The third-order valence-corrected chi connectivity index (χ3v) is 4.65. The fourth-order valence-electron chi connectivity index (χ4n) is 2.93. The van der Waals surface area contributed by atoms with Crippen molar-refractivity contribution in [2.75, 3.05) is 0 Å². The molecule has 0 aliphatic heterocycles. The van der Waals surface area contributed by atoms with Crippen molar-refractivity contribution in [1.29, 1.82) is 0 Å². The quantitative estimate of drug-likeness (QED) is 0.344. The molecule has 33 heavy (non-hydrogen) atoms. The Morgan fingerprint density at radius 3 is 2.00 bits per heavy atom. The topological polar surface area (TPSA) is 145 Å². The zero-order chi connectivity index (χ0) is 23.2. The molecule has 0 radical (unpaired) electrons. The molecule has 3 aromatic carbocycles. The first-order valence-corrected chi connectivity index (χ1v) is 9.77. The predicted molar refractivity (Wildman–Crippen MR) is 117 cm³/mol. The summed E-state index contributed by atoms with van der Waals surface area (Å²) in [5.74, 6) is -0.584. The molecule has 11 nitrogen and oxygen atoms in total. The second-order valence-electron chi connectivity index (χ2n) is 6.92. The van der Waals surface area contributed by atoms with Crippen LogP contribution in [-0.4, -0.2) is 36.9 Å². The molecular formula is C22H17N7O4. The second kappa shape index (κ2) is 9.47. The van der Waals surface area contributed by atoms with Crippen molar-refractivity contribution in [2.24, 2.45) is 0 Å². The average Bonchev–Trinajstić information content (AvgIpc) is 3.32. The van der Waals surface area contributed by atoms with Crippen LogP contribution in [0.25, 0.3) is 11.4 Å². The van der Waals surface area contributed by atoms with Crippen LogP contribution in [0.3, 0.4) is 0 Å². The molecule has 0 unspecified atom stereocenters. The molecule has 2 amide bonds. The summed E-state index contributed by atoms with van der Waals surface area (Å²) in [6, 6.07) is 21.2. The number of benzene rings is 3. The van der Waals surface area contributed by atoms with Crippen LogP contribution < -0.4 is 10.9 Å². The number of nitro groups is 1. The van der Waals surface area contributed by atoms with Crippen LogP contribution in [0.15, 0.2) is 78.9 Å². The number of aromatic nitrogens is 4. The fraction of sp³-hybridized carbons (Fsp3) is 0.0455. The number of hydrogen-bond donors (Lipinski definition) is 2. The van der Waals surface area contributed by atoms with Crippen molar-refractivity contribution in [1.82, 2.24) is 31.1 Å². The van der Waals surface area contributed by atoms with Crippen molar-refractivity contribution in [3.8, 4) is 11.4 Å². The summed E-state index contributed by atoms with van der Waals surface area (Å²) in [6.45, 7) is 0.374. The van der Waals surface area contributed by atoms with E-state index in [9.17, 15) is 19.7 Å². The maximum Gasteiger partial charge on any atom is 0.269 e. The molecule has 164 valence electrons. The van der Waals surface area contributed by atoms with Gasteiger partial charge in [0, 0.05) is 28.8 Å². The van der Waals surface area contributed by atoms with Crippen LogP contribution >= 0.6 is 0 Å². The minimum Gasteiger partial charge on any atom is -0.267 e. The Bertz CT molecular complexity index is 1290. The lowest BCUT2D eigenvalue weighted by Crippen LogP contribution is -2.41. The van der Waals surface area contributed by atoms with Gasteiger partial charge < -0.3 is 0 Å². The van der Waals surface area contributed by atoms with Crippen LogP contribution in [0.5, 0.6) is 0 Å². The molecule has 0 saturated carbocycles. The summed E-state index contributed by atoms with van der Waals surface area (Å²) in [4.78, 5) is 36.0. The average molecular weight is 443 g/mol. The maximum atomic E-state index is 12.3. The number of carbonyl (C=O) groups excluding carboxylic acids is 2. The van der Waals surface area contributed by atoms with Crippen LogP contribution in [0.4, 0.5) is 5.69 Å². The Hall–Kier alpha value is -4.93. The van der Waals surface area contributed by atoms with Gasteiger partial charge in [0.2, 0.25) is 5.82 Å². The smallest absolute Gasteiger partial charge is 0.267 e. The number of hydrogen-bond acceptors (Lipinski definition) is 7. The first-order valence-electron chi connectivity index (χ1n) is 9.77. The summed E-state index contributed by atoms with van der Waals surface area (Å²) in [5.41, 5.74) is 6.69. The van der Waals surface area contributed by atoms with Gasteiger partial charge in [-0.2, -0.15) is 4.80 Å². The zero-order valence-electron chi connectivity index (χ0n) is 17.1. The van der Waals surface area contributed by atoms with E-state index in [1.807, 2.05) is 30.3 Å². The van der Waals surface area contributed by atoms with Crippen LogP contribution in [-0.2, 0) is 6.54 Å². The van der Waals surface area contributed by atoms with E-state index in [2.05, 4.69) is 26.3 Å². The van der Waals surface area contributed by atoms with Gasteiger partial charge in [0.05, 0.1) is 11.5 Å². The summed E-state index contributed by atoms with van der Waals surface area (Å²) in [5, 5.41) is 23.1. The number of hydrazine groups is 1. The molecule has 1 aromatic heterocycles. The zero-order valence-corrected chi connectivity index (χ0v) is 17.1. The first-order chi connectivity index (χ1) is 16.0. The highest BCUT2D eigenvalue weighted by molar-refractivity contribution is 5.99. The van der Waals surface area contributed by atoms with Crippen LogP contribution in [0, 0.1) is 10.1 Å². The van der Waals surface area contributed by atoms with E-state index in [4.69, 9.17) is 0 Å². The molecule has 1 heterocycles. The van der Waals surface area contributed by atoms with Crippen molar-refractivity contribution in [2.45, 2.75) is 6.54 Å². The monoisotopic (exact) mass is 443 g/mol. The summed E-state index contributed by atoms with van der Waals surface area (Å²) in [6.07, 6.45) is 0. The van der Waals surface area contributed by atoms with Gasteiger partial charge in [-0.05, 0) is 35.0 Å². The number of non-ortho nitro benzene ring substituents is 1. The van der Waals surface area contributed by atoms with E-state index in [1.54, 1.807) is 24.3 Å². The first kappa shape index (κ1) is 21.3. The largest absolute Gasteiger partial charge is 0.269 e. The van der Waals surface area contributed by atoms with Gasteiger partial charge in [0.15, 0.2) is 0 Å². The van der Waals surface area contributed by atoms with Gasteiger partial charge in [-0.25, -0.2) is 0 Å². The lowest BCUT2D eigenvalue weighted by atomic mass is 10.1. The minimum absolute atomic E-state index is 0.131. The summed E-state index contributed by atoms with van der Waals surface area (Å²) in [7, 11) is 0. The number of nitrogens with one attached hydrogen (secondary N) is 2. The Balaban J connectivity index is 1.32. The van der Waals surface area contributed by atoms with E-state index < -0.39 is 16.7 Å². The Morgan fingerprint density at radius 1 is 0.848 bits per heavy atom. The third-order valence-electron chi connectivity index (χ3n) is 4.65.